The maximum Gasteiger partial charge on any atom is 0.241 e. The van der Waals surface area contributed by atoms with Crippen molar-refractivity contribution < 1.29 is 23.5 Å². The van der Waals surface area contributed by atoms with Crippen LogP contribution in [0, 0.1) is 12.8 Å². The molecule has 0 aliphatic carbocycles. The fourth-order valence-corrected chi connectivity index (χ4v) is 4.37. The Labute approximate surface area is 205 Å². The molecule has 1 aromatic heterocycles. The highest BCUT2D eigenvalue weighted by molar-refractivity contribution is 5.79. The molecule has 1 aliphatic heterocycles. The SMILES string of the molecule is COc1ccc(CNC(=O)C2CCCN(Cc3nc(-c4ccc(C)cc4)no3)C2)c(OC)c1OC. The Morgan fingerprint density at radius 3 is 2.57 bits per heavy atom. The molecule has 1 saturated heterocycles. The van der Waals surface area contributed by atoms with E-state index in [-0.39, 0.29) is 11.8 Å². The first-order valence-electron chi connectivity index (χ1n) is 11.7. The topological polar surface area (TPSA) is 99.0 Å². The molecule has 9 heteroatoms. The summed E-state index contributed by atoms with van der Waals surface area (Å²) in [7, 11) is 4.71. The lowest BCUT2D eigenvalue weighted by atomic mass is 9.97. The van der Waals surface area contributed by atoms with E-state index in [0.29, 0.717) is 48.6 Å². The van der Waals surface area contributed by atoms with Gasteiger partial charge >= 0.3 is 0 Å². The molecule has 0 bridgehead atoms. The van der Waals surface area contributed by atoms with E-state index in [9.17, 15) is 4.79 Å². The minimum atomic E-state index is -0.116. The molecule has 1 atom stereocenters. The van der Waals surface area contributed by atoms with Crippen LogP contribution < -0.4 is 19.5 Å². The van der Waals surface area contributed by atoms with E-state index in [4.69, 9.17) is 18.7 Å². The summed E-state index contributed by atoms with van der Waals surface area (Å²) in [6, 6.07) is 11.7. The average Bonchev–Trinajstić information content (AvgIpc) is 3.35. The number of aryl methyl sites for hydroxylation is 1. The normalized spacial score (nSPS) is 16.1. The lowest BCUT2D eigenvalue weighted by molar-refractivity contribution is -0.127. The Bertz CT molecular complexity index is 1150. The molecule has 1 N–H and O–H groups in total. The number of rotatable bonds is 9. The molecule has 3 aromatic rings. The molecule has 9 nitrogen and oxygen atoms in total. The number of hydrogen-bond acceptors (Lipinski definition) is 8. The molecule has 35 heavy (non-hydrogen) atoms. The molecule has 2 aromatic carbocycles. The van der Waals surface area contributed by atoms with Crippen LogP contribution >= 0.6 is 0 Å². The summed E-state index contributed by atoms with van der Waals surface area (Å²) in [5.41, 5.74) is 2.92. The fourth-order valence-electron chi connectivity index (χ4n) is 4.37. The van der Waals surface area contributed by atoms with Crippen LogP contribution in [0.4, 0.5) is 0 Å². The van der Waals surface area contributed by atoms with Crippen molar-refractivity contribution in [2.24, 2.45) is 5.92 Å². The van der Waals surface area contributed by atoms with Crippen LogP contribution in [0.5, 0.6) is 17.2 Å². The second kappa shape index (κ2) is 11.2. The standard InChI is InChI=1S/C26H32N4O5/c1-17-7-9-18(10-8-17)25-28-22(35-29-25)16-30-13-5-6-20(15-30)26(31)27-14-19-11-12-21(32-2)24(34-4)23(19)33-3/h7-12,20H,5-6,13-16H2,1-4H3,(H,27,31). The van der Waals surface area contributed by atoms with E-state index < -0.39 is 0 Å². The van der Waals surface area contributed by atoms with E-state index in [1.165, 1.54) is 5.56 Å². The van der Waals surface area contributed by atoms with Crippen molar-refractivity contribution in [3.8, 4) is 28.6 Å². The van der Waals surface area contributed by atoms with Gasteiger partial charge in [0.25, 0.3) is 0 Å². The van der Waals surface area contributed by atoms with Gasteiger partial charge in [0.15, 0.2) is 11.5 Å². The first kappa shape index (κ1) is 24.5. The van der Waals surface area contributed by atoms with Crippen LogP contribution in [0.15, 0.2) is 40.9 Å². The Hall–Kier alpha value is -3.59. The highest BCUT2D eigenvalue weighted by Gasteiger charge is 2.27. The van der Waals surface area contributed by atoms with Crippen LogP contribution in [0.25, 0.3) is 11.4 Å². The molecular weight excluding hydrogens is 448 g/mol. The van der Waals surface area contributed by atoms with Gasteiger partial charge in [0, 0.05) is 24.2 Å². The van der Waals surface area contributed by atoms with Crippen molar-refractivity contribution in [1.29, 1.82) is 0 Å². The molecule has 4 rings (SSSR count). The predicted molar refractivity (Wildman–Crippen MR) is 130 cm³/mol. The van der Waals surface area contributed by atoms with Gasteiger partial charge in [-0.25, -0.2) is 0 Å². The number of piperidine rings is 1. The van der Waals surface area contributed by atoms with Crippen molar-refractivity contribution in [3.63, 3.8) is 0 Å². The van der Waals surface area contributed by atoms with Crippen molar-refractivity contribution in [2.75, 3.05) is 34.4 Å². The third-order valence-corrected chi connectivity index (χ3v) is 6.25. The Morgan fingerprint density at radius 1 is 1.09 bits per heavy atom. The predicted octanol–water partition coefficient (Wildman–Crippen LogP) is 3.60. The van der Waals surface area contributed by atoms with Gasteiger partial charge in [-0.3, -0.25) is 9.69 Å². The van der Waals surface area contributed by atoms with Gasteiger partial charge in [0.05, 0.1) is 33.8 Å². The molecular formula is C26H32N4O5. The number of carbonyl (C=O) groups is 1. The van der Waals surface area contributed by atoms with Crippen LogP contribution in [-0.2, 0) is 17.9 Å². The minimum absolute atomic E-state index is 0.0115. The number of aromatic nitrogens is 2. The maximum absolute atomic E-state index is 13.0. The zero-order chi connectivity index (χ0) is 24.8. The number of amides is 1. The largest absolute Gasteiger partial charge is 0.493 e. The number of carbonyl (C=O) groups excluding carboxylic acids is 1. The van der Waals surface area contributed by atoms with Crippen LogP contribution in [-0.4, -0.2) is 55.4 Å². The van der Waals surface area contributed by atoms with Crippen LogP contribution in [0.1, 0.15) is 29.9 Å². The van der Waals surface area contributed by atoms with Crippen molar-refractivity contribution in [1.82, 2.24) is 20.4 Å². The number of likely N-dealkylation sites (tertiary alicyclic amines) is 1. The van der Waals surface area contributed by atoms with E-state index in [2.05, 4.69) is 20.4 Å². The smallest absolute Gasteiger partial charge is 0.241 e. The summed E-state index contributed by atoms with van der Waals surface area (Å²) in [5, 5.41) is 7.17. The average molecular weight is 481 g/mol. The molecule has 1 amide bonds. The van der Waals surface area contributed by atoms with Gasteiger partial charge in [-0.15, -0.1) is 0 Å². The van der Waals surface area contributed by atoms with E-state index in [1.807, 2.05) is 37.3 Å². The highest BCUT2D eigenvalue weighted by atomic mass is 16.5. The van der Waals surface area contributed by atoms with Gasteiger partial charge in [0.1, 0.15) is 0 Å². The summed E-state index contributed by atoms with van der Waals surface area (Å²) >= 11 is 0. The lowest BCUT2D eigenvalue weighted by Gasteiger charge is -2.31. The van der Waals surface area contributed by atoms with Crippen molar-refractivity contribution in [3.05, 3.63) is 53.4 Å². The first-order valence-corrected chi connectivity index (χ1v) is 11.7. The molecule has 1 aliphatic rings. The quantitative estimate of drug-likeness (QED) is 0.496. The van der Waals surface area contributed by atoms with Crippen molar-refractivity contribution in [2.45, 2.75) is 32.9 Å². The number of hydrogen-bond donors (Lipinski definition) is 1. The number of methoxy groups -OCH3 is 3. The lowest BCUT2D eigenvalue weighted by Crippen LogP contribution is -2.42. The van der Waals surface area contributed by atoms with E-state index in [1.54, 1.807) is 27.4 Å². The van der Waals surface area contributed by atoms with Gasteiger partial charge in [-0.2, -0.15) is 4.98 Å². The second-order valence-corrected chi connectivity index (χ2v) is 8.66. The monoisotopic (exact) mass is 480 g/mol. The van der Waals surface area contributed by atoms with Gasteiger partial charge in [-0.1, -0.05) is 35.0 Å². The van der Waals surface area contributed by atoms with Gasteiger partial charge in [-0.05, 0) is 38.4 Å². The molecule has 0 saturated carbocycles. The van der Waals surface area contributed by atoms with Crippen LogP contribution in [0.2, 0.25) is 0 Å². The van der Waals surface area contributed by atoms with Gasteiger partial charge in [0.2, 0.25) is 23.4 Å². The van der Waals surface area contributed by atoms with Crippen LogP contribution in [0.3, 0.4) is 0 Å². The summed E-state index contributed by atoms with van der Waals surface area (Å²) in [5.74, 6) is 2.67. The summed E-state index contributed by atoms with van der Waals surface area (Å²) in [6.07, 6.45) is 1.76. The Kier molecular flexibility index (Phi) is 7.87. The molecule has 2 heterocycles. The molecule has 186 valence electrons. The number of nitrogens with zero attached hydrogens (tertiary/aromatic N) is 3. The van der Waals surface area contributed by atoms with E-state index >= 15 is 0 Å². The summed E-state index contributed by atoms with van der Waals surface area (Å²) in [4.78, 5) is 19.7. The number of ether oxygens (including phenoxy) is 3. The second-order valence-electron chi connectivity index (χ2n) is 8.66. The van der Waals surface area contributed by atoms with E-state index in [0.717, 1.165) is 30.5 Å². The molecule has 0 spiro atoms. The summed E-state index contributed by atoms with van der Waals surface area (Å²) in [6.45, 7) is 4.42. The zero-order valence-electron chi connectivity index (χ0n) is 20.7. The third kappa shape index (κ3) is 5.74. The Balaban J connectivity index is 1.35. The summed E-state index contributed by atoms with van der Waals surface area (Å²) < 4.78 is 21.8. The minimum Gasteiger partial charge on any atom is -0.493 e. The number of nitrogens with one attached hydrogen (secondary N) is 1. The maximum atomic E-state index is 13.0. The molecule has 1 fully saturated rings. The van der Waals surface area contributed by atoms with Crippen molar-refractivity contribution >= 4 is 5.91 Å². The Morgan fingerprint density at radius 2 is 1.86 bits per heavy atom. The van der Waals surface area contributed by atoms with Gasteiger partial charge < -0.3 is 24.1 Å². The molecule has 0 radical (unpaired) electrons. The first-order chi connectivity index (χ1) is 17.0. The fraction of sp³-hybridized carbons (Fsp3) is 0.423. The zero-order valence-corrected chi connectivity index (χ0v) is 20.7. The molecule has 1 unspecified atom stereocenters. The highest BCUT2D eigenvalue weighted by Crippen LogP contribution is 2.39. The number of benzene rings is 2. The third-order valence-electron chi connectivity index (χ3n) is 6.25.